The van der Waals surface area contributed by atoms with E-state index in [1.54, 1.807) is 37.5 Å². The molecule has 0 amide bonds. The minimum absolute atomic E-state index is 0.602. The SMILES string of the molecule is CN(C)C(C)(C(=O)O)c1nccs1. The lowest BCUT2D eigenvalue weighted by Crippen LogP contribution is -2.45. The average molecular weight is 200 g/mol. The molecule has 72 valence electrons. The number of likely N-dealkylation sites (N-methyl/N-ethyl adjacent to an activating group) is 1. The van der Waals surface area contributed by atoms with Gasteiger partial charge >= 0.3 is 5.97 Å². The van der Waals surface area contributed by atoms with Crippen molar-refractivity contribution in [3.8, 4) is 0 Å². The number of aliphatic carboxylic acids is 1. The van der Waals surface area contributed by atoms with Gasteiger partial charge in [0.1, 0.15) is 5.01 Å². The van der Waals surface area contributed by atoms with Gasteiger partial charge in [0.25, 0.3) is 0 Å². The minimum Gasteiger partial charge on any atom is -0.480 e. The zero-order valence-corrected chi connectivity index (χ0v) is 8.63. The van der Waals surface area contributed by atoms with Crippen LogP contribution in [0.15, 0.2) is 11.6 Å². The highest BCUT2D eigenvalue weighted by Crippen LogP contribution is 2.27. The number of carbonyl (C=O) groups is 1. The highest BCUT2D eigenvalue weighted by Gasteiger charge is 2.39. The second-order valence-corrected chi connectivity index (χ2v) is 4.00. The van der Waals surface area contributed by atoms with Crippen molar-refractivity contribution in [1.29, 1.82) is 0 Å². The number of hydrogen-bond donors (Lipinski definition) is 1. The third kappa shape index (κ3) is 1.57. The van der Waals surface area contributed by atoms with Gasteiger partial charge in [0.15, 0.2) is 5.54 Å². The van der Waals surface area contributed by atoms with Gasteiger partial charge in [0, 0.05) is 11.6 Å². The van der Waals surface area contributed by atoms with Crippen molar-refractivity contribution in [2.24, 2.45) is 0 Å². The van der Waals surface area contributed by atoms with Gasteiger partial charge in [0.05, 0.1) is 0 Å². The Labute approximate surface area is 80.8 Å². The molecule has 0 saturated heterocycles. The fraction of sp³-hybridized carbons (Fsp3) is 0.500. The molecule has 0 aliphatic rings. The van der Waals surface area contributed by atoms with Gasteiger partial charge in [-0.25, -0.2) is 9.78 Å². The number of aromatic nitrogens is 1. The summed E-state index contributed by atoms with van der Waals surface area (Å²) in [5.41, 5.74) is -1.02. The second-order valence-electron chi connectivity index (χ2n) is 3.11. The maximum Gasteiger partial charge on any atom is 0.331 e. The summed E-state index contributed by atoms with van der Waals surface area (Å²) in [5, 5.41) is 11.5. The molecule has 1 aromatic rings. The second kappa shape index (κ2) is 3.43. The molecule has 0 aliphatic heterocycles. The van der Waals surface area contributed by atoms with Crippen LogP contribution in [0, 0.1) is 0 Å². The summed E-state index contributed by atoms with van der Waals surface area (Å²) in [7, 11) is 3.46. The van der Waals surface area contributed by atoms with E-state index in [-0.39, 0.29) is 0 Å². The maximum absolute atomic E-state index is 11.1. The Morgan fingerprint density at radius 3 is 2.62 bits per heavy atom. The molecule has 1 N–H and O–H groups in total. The van der Waals surface area contributed by atoms with Gasteiger partial charge in [0.2, 0.25) is 0 Å². The smallest absolute Gasteiger partial charge is 0.331 e. The molecule has 1 aromatic heterocycles. The molecule has 4 nitrogen and oxygen atoms in total. The Balaban J connectivity index is 3.13. The highest BCUT2D eigenvalue weighted by molar-refractivity contribution is 7.09. The molecule has 13 heavy (non-hydrogen) atoms. The zero-order chi connectivity index (χ0) is 10.1. The van der Waals surface area contributed by atoms with E-state index in [0.717, 1.165) is 0 Å². The van der Waals surface area contributed by atoms with Crippen LogP contribution in [-0.2, 0) is 10.3 Å². The summed E-state index contributed by atoms with van der Waals surface area (Å²) < 4.78 is 0. The summed E-state index contributed by atoms with van der Waals surface area (Å²) in [6, 6.07) is 0. The molecule has 5 heteroatoms. The number of thiazole rings is 1. The van der Waals surface area contributed by atoms with Crippen molar-refractivity contribution in [2.45, 2.75) is 12.5 Å². The molecule has 1 rings (SSSR count). The number of carboxylic acids is 1. The van der Waals surface area contributed by atoms with Gasteiger partial charge in [-0.1, -0.05) is 0 Å². The molecule has 0 spiro atoms. The van der Waals surface area contributed by atoms with Crippen LogP contribution in [0.4, 0.5) is 0 Å². The Morgan fingerprint density at radius 1 is 1.69 bits per heavy atom. The maximum atomic E-state index is 11.1. The number of nitrogens with zero attached hydrogens (tertiary/aromatic N) is 2. The van der Waals surface area contributed by atoms with Crippen LogP contribution in [-0.4, -0.2) is 35.1 Å². The fourth-order valence-corrected chi connectivity index (χ4v) is 1.81. The van der Waals surface area contributed by atoms with Crippen LogP contribution in [0.1, 0.15) is 11.9 Å². The van der Waals surface area contributed by atoms with Crippen molar-refractivity contribution >= 4 is 17.3 Å². The Kier molecular flexibility index (Phi) is 2.68. The largest absolute Gasteiger partial charge is 0.480 e. The van der Waals surface area contributed by atoms with E-state index < -0.39 is 11.5 Å². The lowest BCUT2D eigenvalue weighted by Gasteiger charge is -2.29. The average Bonchev–Trinajstić information content (AvgIpc) is 2.54. The first-order valence-electron chi connectivity index (χ1n) is 3.80. The molecule has 0 fully saturated rings. The number of hydrogen-bond acceptors (Lipinski definition) is 4. The summed E-state index contributed by atoms with van der Waals surface area (Å²) in [6.45, 7) is 1.65. The number of rotatable bonds is 3. The lowest BCUT2D eigenvalue weighted by molar-refractivity contribution is -0.149. The van der Waals surface area contributed by atoms with Crippen LogP contribution in [0.25, 0.3) is 0 Å². The van der Waals surface area contributed by atoms with Crippen molar-refractivity contribution in [3.63, 3.8) is 0 Å². The summed E-state index contributed by atoms with van der Waals surface area (Å²) in [6.07, 6.45) is 1.62. The predicted octanol–water partition coefficient (Wildman–Crippen LogP) is 1.00. The van der Waals surface area contributed by atoms with E-state index in [9.17, 15) is 4.79 Å². The topological polar surface area (TPSA) is 53.4 Å². The third-order valence-electron chi connectivity index (χ3n) is 2.16. The van der Waals surface area contributed by atoms with E-state index in [1.807, 2.05) is 0 Å². The van der Waals surface area contributed by atoms with Crippen LogP contribution >= 0.6 is 11.3 Å². The lowest BCUT2D eigenvalue weighted by atomic mass is 10.0. The van der Waals surface area contributed by atoms with Gasteiger partial charge in [-0.15, -0.1) is 11.3 Å². The molecule has 0 saturated carbocycles. The molecule has 1 atom stereocenters. The number of carboxylic acid groups (broad SMARTS) is 1. The molecule has 0 aromatic carbocycles. The summed E-state index contributed by atoms with van der Waals surface area (Å²) in [4.78, 5) is 16.8. The first-order chi connectivity index (χ1) is 5.99. The van der Waals surface area contributed by atoms with Crippen LogP contribution < -0.4 is 0 Å². The quantitative estimate of drug-likeness (QED) is 0.791. The molecule has 0 aliphatic carbocycles. The van der Waals surface area contributed by atoms with Gasteiger partial charge in [-0.3, -0.25) is 4.90 Å². The highest BCUT2D eigenvalue weighted by atomic mass is 32.1. The van der Waals surface area contributed by atoms with E-state index in [1.165, 1.54) is 11.3 Å². The van der Waals surface area contributed by atoms with E-state index >= 15 is 0 Å². The van der Waals surface area contributed by atoms with Gasteiger partial charge < -0.3 is 5.11 Å². The van der Waals surface area contributed by atoms with Crippen molar-refractivity contribution < 1.29 is 9.90 Å². The minimum atomic E-state index is -1.02. The van der Waals surface area contributed by atoms with E-state index in [4.69, 9.17) is 5.11 Å². The standard InChI is InChI=1S/C8H12N2O2S/c1-8(7(11)12,10(2)3)6-9-4-5-13-6/h4-5H,1-3H3,(H,11,12). The monoisotopic (exact) mass is 200 g/mol. The predicted molar refractivity (Wildman–Crippen MR) is 50.8 cm³/mol. The van der Waals surface area contributed by atoms with Crippen molar-refractivity contribution in [3.05, 3.63) is 16.6 Å². The van der Waals surface area contributed by atoms with Crippen molar-refractivity contribution in [2.75, 3.05) is 14.1 Å². The molecular formula is C8H12N2O2S. The first kappa shape index (κ1) is 10.1. The normalized spacial score (nSPS) is 15.7. The van der Waals surface area contributed by atoms with Crippen LogP contribution in [0.2, 0.25) is 0 Å². The third-order valence-corrected chi connectivity index (χ3v) is 3.14. The zero-order valence-electron chi connectivity index (χ0n) is 7.81. The first-order valence-corrected chi connectivity index (χ1v) is 4.68. The summed E-state index contributed by atoms with van der Waals surface area (Å²) >= 11 is 1.35. The molecule has 0 bridgehead atoms. The molecule has 1 unspecified atom stereocenters. The van der Waals surface area contributed by atoms with E-state index in [2.05, 4.69) is 4.98 Å². The van der Waals surface area contributed by atoms with Crippen molar-refractivity contribution in [1.82, 2.24) is 9.88 Å². The molecule has 1 heterocycles. The van der Waals surface area contributed by atoms with Crippen LogP contribution in [0.3, 0.4) is 0 Å². The van der Waals surface area contributed by atoms with Gasteiger partial charge in [-0.05, 0) is 21.0 Å². The fourth-order valence-electron chi connectivity index (χ4n) is 0.938. The van der Waals surface area contributed by atoms with E-state index in [0.29, 0.717) is 5.01 Å². The van der Waals surface area contributed by atoms with Gasteiger partial charge in [-0.2, -0.15) is 0 Å². The Bertz CT molecular complexity index is 297. The molecule has 0 radical (unpaired) electrons. The molecular weight excluding hydrogens is 188 g/mol. The Morgan fingerprint density at radius 2 is 2.31 bits per heavy atom. The van der Waals surface area contributed by atoms with Crippen LogP contribution in [0.5, 0.6) is 0 Å². The Hall–Kier alpha value is -0.940. The summed E-state index contributed by atoms with van der Waals surface area (Å²) in [5.74, 6) is -0.882.